The van der Waals surface area contributed by atoms with Crippen LogP contribution in [0.25, 0.3) is 0 Å². The normalized spacial score (nSPS) is 15.1. The Morgan fingerprint density at radius 1 is 0.958 bits per heavy atom. The van der Waals surface area contributed by atoms with E-state index in [1.807, 2.05) is 0 Å². The van der Waals surface area contributed by atoms with Gasteiger partial charge in [0.1, 0.15) is 0 Å². The Labute approximate surface area is 146 Å². The zero-order chi connectivity index (χ0) is 18.2. The molecule has 0 amide bonds. The molecule has 130 valence electrons. The van der Waals surface area contributed by atoms with Gasteiger partial charge in [-0.15, -0.1) is 0 Å². The third kappa shape index (κ3) is 3.81. The van der Waals surface area contributed by atoms with Crippen LogP contribution in [0.3, 0.4) is 0 Å². The lowest BCUT2D eigenvalue weighted by atomic mass is 9.96. The quantitative estimate of drug-likeness (QED) is 0.655. The van der Waals surface area contributed by atoms with Gasteiger partial charge in [0.2, 0.25) is 5.60 Å². The molecule has 0 aliphatic carbocycles. The summed E-state index contributed by atoms with van der Waals surface area (Å²) in [4.78, 5) is -0.333. The minimum absolute atomic E-state index is 0.311. The lowest BCUT2D eigenvalue weighted by molar-refractivity contribution is -0.246. The summed E-state index contributed by atoms with van der Waals surface area (Å²) < 4.78 is 70.7. The van der Waals surface area contributed by atoms with Crippen molar-refractivity contribution in [3.05, 3.63) is 64.1 Å². The maximum atomic E-state index is 13.6. The van der Waals surface area contributed by atoms with Crippen molar-refractivity contribution in [2.45, 2.75) is 30.5 Å². The maximum Gasteiger partial charge on any atom is 0.422 e. The number of hydrogen-bond acceptors (Lipinski definition) is 3. The van der Waals surface area contributed by atoms with Crippen molar-refractivity contribution in [2.75, 3.05) is 0 Å². The van der Waals surface area contributed by atoms with Gasteiger partial charge in [0.25, 0.3) is 10.1 Å². The van der Waals surface area contributed by atoms with E-state index in [4.69, 9.17) is 0 Å². The van der Waals surface area contributed by atoms with Crippen molar-refractivity contribution < 1.29 is 25.8 Å². The zero-order valence-electron chi connectivity index (χ0n) is 12.8. The van der Waals surface area contributed by atoms with Gasteiger partial charge in [-0.05, 0) is 43.7 Å². The second kappa shape index (κ2) is 6.50. The molecule has 0 N–H and O–H groups in total. The molecule has 0 spiro atoms. The lowest BCUT2D eigenvalue weighted by Crippen LogP contribution is -2.43. The molecule has 0 saturated carbocycles. The Morgan fingerprint density at radius 3 is 1.92 bits per heavy atom. The highest BCUT2D eigenvalue weighted by molar-refractivity contribution is 9.10. The fourth-order valence-corrected chi connectivity index (χ4v) is 3.46. The van der Waals surface area contributed by atoms with E-state index in [-0.39, 0.29) is 10.5 Å². The number of benzene rings is 2. The van der Waals surface area contributed by atoms with Crippen LogP contribution in [0.4, 0.5) is 13.2 Å². The van der Waals surface area contributed by atoms with Gasteiger partial charge >= 0.3 is 6.18 Å². The third-order valence-electron chi connectivity index (χ3n) is 3.52. The molecule has 1 atom stereocenters. The van der Waals surface area contributed by atoms with Gasteiger partial charge in [-0.3, -0.25) is 0 Å². The summed E-state index contributed by atoms with van der Waals surface area (Å²) in [5, 5.41) is 0. The first-order valence-electron chi connectivity index (χ1n) is 6.81. The summed E-state index contributed by atoms with van der Waals surface area (Å²) >= 11 is 3.13. The molecule has 0 saturated heterocycles. The molecule has 0 aliphatic heterocycles. The van der Waals surface area contributed by atoms with Gasteiger partial charge in [-0.1, -0.05) is 45.8 Å². The van der Waals surface area contributed by atoms with E-state index in [0.717, 1.165) is 5.56 Å². The van der Waals surface area contributed by atoms with Gasteiger partial charge < -0.3 is 0 Å². The van der Waals surface area contributed by atoms with Gasteiger partial charge in [-0.25, -0.2) is 4.18 Å². The standard InChI is InChI=1S/C16H14BrF3O3S/c1-11-3-9-14(10-4-11)24(21,22)23-15(2,16(18,19)20)12-5-7-13(17)8-6-12/h3-10H,1-2H3. The number of halogens is 4. The van der Waals surface area contributed by atoms with Crippen LogP contribution in [0.15, 0.2) is 57.9 Å². The van der Waals surface area contributed by atoms with Crippen LogP contribution in [-0.2, 0) is 19.9 Å². The fourth-order valence-electron chi connectivity index (χ4n) is 2.00. The molecule has 0 aliphatic rings. The van der Waals surface area contributed by atoms with E-state index in [0.29, 0.717) is 11.4 Å². The van der Waals surface area contributed by atoms with Gasteiger partial charge in [-0.2, -0.15) is 21.6 Å². The molecular weight excluding hydrogens is 409 g/mol. The minimum Gasteiger partial charge on any atom is -0.245 e. The van der Waals surface area contributed by atoms with Crippen LogP contribution in [0.2, 0.25) is 0 Å². The van der Waals surface area contributed by atoms with Crippen molar-refractivity contribution >= 4 is 26.0 Å². The largest absolute Gasteiger partial charge is 0.422 e. The van der Waals surface area contributed by atoms with E-state index in [9.17, 15) is 21.6 Å². The van der Waals surface area contributed by atoms with Crippen molar-refractivity contribution in [3.8, 4) is 0 Å². The molecule has 0 radical (unpaired) electrons. The Hall–Kier alpha value is -1.38. The highest BCUT2D eigenvalue weighted by Crippen LogP contribution is 2.44. The molecule has 0 heterocycles. The minimum atomic E-state index is -4.93. The predicted octanol–water partition coefficient (Wildman–Crippen LogP) is 4.94. The molecule has 1 unspecified atom stereocenters. The molecule has 2 rings (SSSR count). The molecular formula is C16H14BrF3O3S. The summed E-state index contributed by atoms with van der Waals surface area (Å²) in [6, 6.07) is 10.5. The number of aryl methyl sites for hydroxylation is 1. The first-order valence-corrected chi connectivity index (χ1v) is 9.01. The zero-order valence-corrected chi connectivity index (χ0v) is 15.2. The fraction of sp³-hybridized carbons (Fsp3) is 0.250. The van der Waals surface area contributed by atoms with E-state index >= 15 is 0 Å². The van der Waals surface area contributed by atoms with Crippen molar-refractivity contribution in [1.82, 2.24) is 0 Å². The molecule has 3 nitrogen and oxygen atoms in total. The third-order valence-corrected chi connectivity index (χ3v) is 5.45. The van der Waals surface area contributed by atoms with Crippen LogP contribution >= 0.6 is 15.9 Å². The van der Waals surface area contributed by atoms with Crippen molar-refractivity contribution in [2.24, 2.45) is 0 Å². The van der Waals surface area contributed by atoms with E-state index in [1.54, 1.807) is 6.92 Å². The molecule has 2 aromatic carbocycles. The molecule has 24 heavy (non-hydrogen) atoms. The van der Waals surface area contributed by atoms with E-state index in [1.165, 1.54) is 48.5 Å². The van der Waals surface area contributed by atoms with Crippen molar-refractivity contribution in [3.63, 3.8) is 0 Å². The first-order chi connectivity index (χ1) is 11.0. The van der Waals surface area contributed by atoms with Crippen molar-refractivity contribution in [1.29, 1.82) is 0 Å². The highest BCUT2D eigenvalue weighted by atomic mass is 79.9. The summed E-state index contributed by atoms with van der Waals surface area (Å²) in [6.07, 6.45) is -4.93. The summed E-state index contributed by atoms with van der Waals surface area (Å²) in [7, 11) is -4.61. The van der Waals surface area contributed by atoms with E-state index in [2.05, 4.69) is 20.1 Å². The average molecular weight is 423 g/mol. The number of rotatable bonds is 4. The van der Waals surface area contributed by atoms with Crippen LogP contribution in [0, 0.1) is 6.92 Å². The lowest BCUT2D eigenvalue weighted by Gasteiger charge is -2.31. The molecule has 0 bridgehead atoms. The molecule has 2 aromatic rings. The Bertz CT molecular complexity index is 815. The topological polar surface area (TPSA) is 43.4 Å². The highest BCUT2D eigenvalue weighted by Gasteiger charge is 2.56. The maximum absolute atomic E-state index is 13.6. The first kappa shape index (κ1) is 19.0. The van der Waals surface area contributed by atoms with Crippen LogP contribution in [0.5, 0.6) is 0 Å². The summed E-state index contributed by atoms with van der Waals surface area (Å²) in [6.45, 7) is 2.43. The monoisotopic (exact) mass is 422 g/mol. The van der Waals surface area contributed by atoms with E-state index < -0.39 is 21.9 Å². The summed E-state index contributed by atoms with van der Waals surface area (Å²) in [5.74, 6) is 0. The number of hydrogen-bond donors (Lipinski definition) is 0. The molecule has 0 fully saturated rings. The van der Waals surface area contributed by atoms with Gasteiger partial charge in [0, 0.05) is 4.47 Å². The summed E-state index contributed by atoms with van der Waals surface area (Å²) in [5.41, 5.74) is -2.54. The second-order valence-electron chi connectivity index (χ2n) is 5.39. The number of alkyl halides is 3. The molecule has 0 aromatic heterocycles. The smallest absolute Gasteiger partial charge is 0.245 e. The van der Waals surface area contributed by atoms with Crippen LogP contribution in [0.1, 0.15) is 18.1 Å². The van der Waals surface area contributed by atoms with Crippen LogP contribution in [-0.4, -0.2) is 14.6 Å². The predicted molar refractivity (Wildman–Crippen MR) is 87.0 cm³/mol. The van der Waals surface area contributed by atoms with Gasteiger partial charge in [0.05, 0.1) is 4.90 Å². The SMILES string of the molecule is Cc1ccc(S(=O)(=O)OC(C)(c2ccc(Br)cc2)C(F)(F)F)cc1. The van der Waals surface area contributed by atoms with Gasteiger partial charge in [0.15, 0.2) is 0 Å². The Morgan fingerprint density at radius 2 is 1.46 bits per heavy atom. The molecule has 8 heteroatoms. The Balaban J connectivity index is 2.50. The average Bonchev–Trinajstić information content (AvgIpc) is 2.46. The Kier molecular flexibility index (Phi) is 5.13. The second-order valence-corrected chi connectivity index (χ2v) is 7.85. The van der Waals surface area contributed by atoms with Crippen LogP contribution < -0.4 is 0 Å².